The molecule has 1 fully saturated rings. The standard InChI is InChI=1S/C18H19N3O3/c1-12-15(18(23)24)10-17(22)21(12)14-6-4-5-13(9-14)11-20-16-7-2-3-8-19-16/h2-9,12,15H,10-11H2,1H3,(H,19,20)(H,23,24). The average molecular weight is 325 g/mol. The lowest BCUT2D eigenvalue weighted by Gasteiger charge is -2.24. The van der Waals surface area contributed by atoms with Crippen LogP contribution in [0.15, 0.2) is 48.7 Å². The summed E-state index contributed by atoms with van der Waals surface area (Å²) in [5, 5.41) is 12.5. The summed E-state index contributed by atoms with van der Waals surface area (Å²) in [5.74, 6) is -0.955. The molecule has 1 saturated heterocycles. The Hall–Kier alpha value is -2.89. The Kier molecular flexibility index (Phi) is 4.46. The van der Waals surface area contributed by atoms with Crippen molar-refractivity contribution in [1.29, 1.82) is 0 Å². The summed E-state index contributed by atoms with van der Waals surface area (Å²) < 4.78 is 0. The molecular weight excluding hydrogens is 306 g/mol. The van der Waals surface area contributed by atoms with Gasteiger partial charge in [0.2, 0.25) is 5.91 Å². The number of hydrogen-bond donors (Lipinski definition) is 2. The van der Waals surface area contributed by atoms with E-state index >= 15 is 0 Å². The van der Waals surface area contributed by atoms with Crippen molar-refractivity contribution in [3.8, 4) is 0 Å². The summed E-state index contributed by atoms with van der Waals surface area (Å²) in [6.45, 7) is 2.35. The van der Waals surface area contributed by atoms with Gasteiger partial charge in [0, 0.05) is 30.9 Å². The summed E-state index contributed by atoms with van der Waals surface area (Å²) in [6, 6.07) is 12.9. The van der Waals surface area contributed by atoms with Gasteiger partial charge in [0.25, 0.3) is 0 Å². The molecule has 1 aromatic carbocycles. The second-order valence-electron chi connectivity index (χ2n) is 5.89. The maximum atomic E-state index is 12.2. The molecule has 6 nitrogen and oxygen atoms in total. The van der Waals surface area contributed by atoms with E-state index in [1.165, 1.54) is 0 Å². The Morgan fingerprint density at radius 1 is 1.33 bits per heavy atom. The van der Waals surface area contributed by atoms with Crippen molar-refractivity contribution < 1.29 is 14.7 Å². The van der Waals surface area contributed by atoms with Gasteiger partial charge in [0.05, 0.1) is 5.92 Å². The highest BCUT2D eigenvalue weighted by Gasteiger charge is 2.41. The van der Waals surface area contributed by atoms with Crippen molar-refractivity contribution >= 4 is 23.4 Å². The molecule has 1 aliphatic rings. The number of carbonyl (C=O) groups excluding carboxylic acids is 1. The van der Waals surface area contributed by atoms with Gasteiger partial charge in [0.15, 0.2) is 0 Å². The number of aliphatic carboxylic acids is 1. The molecule has 0 saturated carbocycles. The van der Waals surface area contributed by atoms with Crippen LogP contribution >= 0.6 is 0 Å². The van der Waals surface area contributed by atoms with Gasteiger partial charge >= 0.3 is 5.97 Å². The van der Waals surface area contributed by atoms with Crippen LogP contribution in [0.2, 0.25) is 0 Å². The summed E-state index contributed by atoms with van der Waals surface area (Å²) >= 11 is 0. The first-order chi connectivity index (χ1) is 11.6. The third-order valence-corrected chi connectivity index (χ3v) is 4.30. The van der Waals surface area contributed by atoms with E-state index < -0.39 is 11.9 Å². The summed E-state index contributed by atoms with van der Waals surface area (Å²) in [4.78, 5) is 29.3. The molecule has 1 aromatic heterocycles. The van der Waals surface area contributed by atoms with Crippen LogP contribution < -0.4 is 10.2 Å². The predicted molar refractivity (Wildman–Crippen MR) is 90.7 cm³/mol. The molecule has 1 amide bonds. The van der Waals surface area contributed by atoms with Crippen molar-refractivity contribution in [3.63, 3.8) is 0 Å². The molecule has 2 N–H and O–H groups in total. The minimum absolute atomic E-state index is 0.0485. The highest BCUT2D eigenvalue weighted by molar-refractivity contribution is 6.00. The molecule has 0 spiro atoms. The number of nitrogens with one attached hydrogen (secondary N) is 1. The second-order valence-corrected chi connectivity index (χ2v) is 5.89. The molecule has 124 valence electrons. The first-order valence-electron chi connectivity index (χ1n) is 7.85. The van der Waals surface area contributed by atoms with Crippen LogP contribution in [0.1, 0.15) is 18.9 Å². The SMILES string of the molecule is CC1C(C(=O)O)CC(=O)N1c1cccc(CNc2ccccn2)c1. The number of rotatable bonds is 5. The number of amides is 1. The Bertz CT molecular complexity index is 748. The molecule has 2 unspecified atom stereocenters. The molecule has 0 bridgehead atoms. The number of carboxylic acids is 1. The fraction of sp³-hybridized carbons (Fsp3) is 0.278. The zero-order valence-corrected chi connectivity index (χ0v) is 13.3. The molecule has 6 heteroatoms. The van der Waals surface area contributed by atoms with Gasteiger partial charge in [-0.15, -0.1) is 0 Å². The molecule has 3 rings (SSSR count). The van der Waals surface area contributed by atoms with Gasteiger partial charge in [-0.05, 0) is 36.8 Å². The Morgan fingerprint density at radius 3 is 2.83 bits per heavy atom. The fourth-order valence-electron chi connectivity index (χ4n) is 3.01. The molecule has 0 radical (unpaired) electrons. The van der Waals surface area contributed by atoms with E-state index in [1.54, 1.807) is 18.0 Å². The van der Waals surface area contributed by atoms with Crippen molar-refractivity contribution in [1.82, 2.24) is 4.98 Å². The van der Waals surface area contributed by atoms with Gasteiger partial charge < -0.3 is 15.3 Å². The van der Waals surface area contributed by atoms with Gasteiger partial charge in [-0.25, -0.2) is 4.98 Å². The fourth-order valence-corrected chi connectivity index (χ4v) is 3.01. The Morgan fingerprint density at radius 2 is 2.17 bits per heavy atom. The number of pyridine rings is 1. The molecule has 1 aliphatic heterocycles. The molecule has 2 heterocycles. The second kappa shape index (κ2) is 6.70. The first kappa shape index (κ1) is 16.0. The van der Waals surface area contributed by atoms with E-state index in [4.69, 9.17) is 0 Å². The van der Waals surface area contributed by atoms with Crippen LogP contribution in [0, 0.1) is 5.92 Å². The van der Waals surface area contributed by atoms with Crippen molar-refractivity contribution in [2.24, 2.45) is 5.92 Å². The molecular formula is C18H19N3O3. The highest BCUT2D eigenvalue weighted by Crippen LogP contribution is 2.31. The third kappa shape index (κ3) is 3.22. The Balaban J connectivity index is 1.75. The number of aromatic nitrogens is 1. The third-order valence-electron chi connectivity index (χ3n) is 4.30. The lowest BCUT2D eigenvalue weighted by atomic mass is 10.0. The monoisotopic (exact) mass is 325 g/mol. The topological polar surface area (TPSA) is 82.5 Å². The predicted octanol–water partition coefficient (Wildman–Crippen LogP) is 2.52. The first-order valence-corrected chi connectivity index (χ1v) is 7.85. The number of carbonyl (C=O) groups is 2. The van der Waals surface area contributed by atoms with Crippen molar-refractivity contribution in [3.05, 3.63) is 54.2 Å². The average Bonchev–Trinajstić information content (AvgIpc) is 2.89. The molecule has 2 aromatic rings. The number of hydrogen-bond acceptors (Lipinski definition) is 4. The van der Waals surface area contributed by atoms with E-state index in [0.29, 0.717) is 6.54 Å². The molecule has 24 heavy (non-hydrogen) atoms. The van der Waals surface area contributed by atoms with Crippen LogP contribution in [0.5, 0.6) is 0 Å². The number of anilines is 2. The van der Waals surface area contributed by atoms with Crippen LogP contribution in [0.25, 0.3) is 0 Å². The smallest absolute Gasteiger partial charge is 0.309 e. The lowest BCUT2D eigenvalue weighted by Crippen LogP contribution is -2.34. The van der Waals surface area contributed by atoms with Gasteiger partial charge in [-0.2, -0.15) is 0 Å². The van der Waals surface area contributed by atoms with Crippen molar-refractivity contribution in [2.75, 3.05) is 10.2 Å². The molecule has 0 aliphatic carbocycles. The minimum atomic E-state index is -0.925. The normalized spacial score (nSPS) is 20.2. The zero-order valence-electron chi connectivity index (χ0n) is 13.3. The lowest BCUT2D eigenvalue weighted by molar-refractivity contribution is -0.142. The van der Waals surface area contributed by atoms with Crippen molar-refractivity contribution in [2.45, 2.75) is 25.9 Å². The number of carboxylic acid groups (broad SMARTS) is 1. The molecule has 2 atom stereocenters. The van der Waals surface area contributed by atoms with E-state index in [9.17, 15) is 14.7 Å². The Labute approximate surface area is 140 Å². The van der Waals surface area contributed by atoms with E-state index in [1.807, 2.05) is 42.5 Å². The number of nitrogens with zero attached hydrogens (tertiary/aromatic N) is 2. The quantitative estimate of drug-likeness (QED) is 0.882. The van der Waals surface area contributed by atoms with Crippen LogP contribution in [0.4, 0.5) is 11.5 Å². The maximum Gasteiger partial charge on any atom is 0.309 e. The van der Waals surface area contributed by atoms with Gasteiger partial charge in [-0.3, -0.25) is 9.59 Å². The number of benzene rings is 1. The summed E-state index contributed by atoms with van der Waals surface area (Å²) in [6.07, 6.45) is 1.77. The largest absolute Gasteiger partial charge is 0.481 e. The van der Waals surface area contributed by atoms with E-state index in [0.717, 1.165) is 17.1 Å². The van der Waals surface area contributed by atoms with Crippen LogP contribution in [-0.4, -0.2) is 28.0 Å². The summed E-state index contributed by atoms with van der Waals surface area (Å²) in [5.41, 5.74) is 1.73. The highest BCUT2D eigenvalue weighted by atomic mass is 16.4. The minimum Gasteiger partial charge on any atom is -0.481 e. The van der Waals surface area contributed by atoms with Gasteiger partial charge in [0.1, 0.15) is 5.82 Å². The van der Waals surface area contributed by atoms with E-state index in [2.05, 4.69) is 10.3 Å². The zero-order chi connectivity index (χ0) is 17.1. The van der Waals surface area contributed by atoms with Crippen LogP contribution in [-0.2, 0) is 16.1 Å². The van der Waals surface area contributed by atoms with Gasteiger partial charge in [-0.1, -0.05) is 18.2 Å². The summed E-state index contributed by atoms with van der Waals surface area (Å²) in [7, 11) is 0. The van der Waals surface area contributed by atoms with E-state index in [-0.39, 0.29) is 18.4 Å². The van der Waals surface area contributed by atoms with Crippen LogP contribution in [0.3, 0.4) is 0 Å². The maximum absolute atomic E-state index is 12.2.